The van der Waals surface area contributed by atoms with Gasteiger partial charge in [0.1, 0.15) is 4.87 Å². The lowest BCUT2D eigenvalue weighted by Crippen LogP contribution is -2.32. The van der Waals surface area contributed by atoms with Crippen LogP contribution in [0.15, 0.2) is 84.9 Å². The lowest BCUT2D eigenvalue weighted by Gasteiger charge is -2.23. The van der Waals surface area contributed by atoms with Gasteiger partial charge in [-0.15, -0.1) is 11.6 Å². The van der Waals surface area contributed by atoms with Gasteiger partial charge in [0.25, 0.3) is 0 Å². The van der Waals surface area contributed by atoms with Crippen molar-refractivity contribution in [3.8, 4) is 0 Å². The van der Waals surface area contributed by atoms with Gasteiger partial charge >= 0.3 is 0 Å². The third kappa shape index (κ3) is 2.93. The summed E-state index contributed by atoms with van der Waals surface area (Å²) in [5, 5.41) is 7.26. The van der Waals surface area contributed by atoms with E-state index in [-0.39, 0.29) is 5.91 Å². The highest BCUT2D eigenvalue weighted by atomic mass is 35.5. The van der Waals surface area contributed by atoms with Crippen LogP contribution in [0.4, 0.5) is 5.69 Å². The first kappa shape index (κ1) is 16.6. The summed E-state index contributed by atoms with van der Waals surface area (Å²) in [4.78, 5) is 11.8. The highest BCUT2D eigenvalue weighted by Gasteiger charge is 2.33. The lowest BCUT2D eigenvalue weighted by molar-refractivity contribution is -0.118. The second kappa shape index (κ2) is 6.47. The molecule has 1 amide bonds. The van der Waals surface area contributed by atoms with E-state index in [9.17, 15) is 4.79 Å². The summed E-state index contributed by atoms with van der Waals surface area (Å²) in [5.41, 5.74) is 1.54. The molecule has 0 spiro atoms. The van der Waals surface area contributed by atoms with Crippen molar-refractivity contribution < 1.29 is 4.79 Å². The molecule has 1 N–H and O–H groups in total. The second-order valence-electron chi connectivity index (χ2n) is 6.55. The van der Waals surface area contributed by atoms with Gasteiger partial charge in [0, 0.05) is 11.1 Å². The Kier molecular flexibility index (Phi) is 4.14. The van der Waals surface area contributed by atoms with Crippen LogP contribution in [0.5, 0.6) is 0 Å². The molecule has 2 nitrogen and oxygen atoms in total. The van der Waals surface area contributed by atoms with Crippen LogP contribution in [0.25, 0.3) is 21.5 Å². The molecule has 26 heavy (non-hydrogen) atoms. The Morgan fingerprint density at radius 3 is 2.27 bits per heavy atom. The van der Waals surface area contributed by atoms with E-state index in [0.717, 1.165) is 32.8 Å². The van der Waals surface area contributed by atoms with E-state index >= 15 is 0 Å². The summed E-state index contributed by atoms with van der Waals surface area (Å²) >= 11 is 6.70. The summed E-state index contributed by atoms with van der Waals surface area (Å²) in [5.74, 6) is -0.245. The van der Waals surface area contributed by atoms with Gasteiger partial charge in [0.05, 0.1) is 0 Å². The summed E-state index contributed by atoms with van der Waals surface area (Å²) in [6.45, 7) is 1.74. The molecule has 0 aliphatic carbocycles. The zero-order valence-corrected chi connectivity index (χ0v) is 15.1. The van der Waals surface area contributed by atoms with E-state index in [0.29, 0.717) is 0 Å². The molecule has 0 saturated heterocycles. The predicted molar refractivity (Wildman–Crippen MR) is 110 cm³/mol. The Morgan fingerprint density at radius 2 is 1.46 bits per heavy atom. The van der Waals surface area contributed by atoms with Gasteiger partial charge in [-0.3, -0.25) is 4.79 Å². The minimum Gasteiger partial charge on any atom is -0.324 e. The number of nitrogens with one attached hydrogen (secondary N) is 1. The zero-order valence-electron chi connectivity index (χ0n) is 14.4. The maximum absolute atomic E-state index is 13.0. The molecule has 0 saturated carbocycles. The molecular weight excluding hydrogens is 342 g/mol. The highest BCUT2D eigenvalue weighted by molar-refractivity contribution is 6.36. The van der Waals surface area contributed by atoms with Gasteiger partial charge in [0.15, 0.2) is 0 Å². The molecule has 0 aromatic heterocycles. The number of benzene rings is 4. The largest absolute Gasteiger partial charge is 0.324 e. The van der Waals surface area contributed by atoms with Gasteiger partial charge in [-0.1, -0.05) is 72.8 Å². The number of halogens is 1. The maximum Gasteiger partial charge on any atom is 0.249 e. The number of alkyl halides is 1. The minimum absolute atomic E-state index is 0.245. The lowest BCUT2D eigenvalue weighted by atomic mass is 9.96. The zero-order chi connectivity index (χ0) is 18.1. The summed E-state index contributed by atoms with van der Waals surface area (Å²) in [6.07, 6.45) is 0. The van der Waals surface area contributed by atoms with Gasteiger partial charge in [-0.25, -0.2) is 0 Å². The fourth-order valence-electron chi connectivity index (χ4n) is 3.19. The Morgan fingerprint density at radius 1 is 0.808 bits per heavy atom. The van der Waals surface area contributed by atoms with Crippen LogP contribution in [0, 0.1) is 0 Å². The molecule has 3 heteroatoms. The maximum atomic E-state index is 13.0. The van der Waals surface area contributed by atoms with E-state index in [1.165, 1.54) is 0 Å². The van der Waals surface area contributed by atoms with Crippen LogP contribution in [0.3, 0.4) is 0 Å². The fraction of sp³-hybridized carbons (Fsp3) is 0.0870. The Labute approximate surface area is 157 Å². The van der Waals surface area contributed by atoms with Crippen LogP contribution < -0.4 is 5.32 Å². The van der Waals surface area contributed by atoms with Crippen LogP contribution in [-0.4, -0.2) is 5.91 Å². The smallest absolute Gasteiger partial charge is 0.249 e. The first-order valence-corrected chi connectivity index (χ1v) is 8.91. The SMILES string of the molecule is CC(Cl)(C(=O)Nc1cccc2ccccc12)c1ccc2ccccc2c1. The van der Waals surface area contributed by atoms with Crippen molar-refractivity contribution in [1.29, 1.82) is 0 Å². The topological polar surface area (TPSA) is 29.1 Å². The average Bonchev–Trinajstić information content (AvgIpc) is 2.68. The van der Waals surface area contributed by atoms with Crippen molar-refractivity contribution in [2.24, 2.45) is 0 Å². The van der Waals surface area contributed by atoms with Crippen LogP contribution >= 0.6 is 11.6 Å². The molecule has 4 aromatic rings. The number of fused-ring (bicyclic) bond motifs is 2. The van der Waals surface area contributed by atoms with Gasteiger partial charge < -0.3 is 5.32 Å². The molecule has 1 unspecified atom stereocenters. The quantitative estimate of drug-likeness (QED) is 0.441. The molecule has 0 fully saturated rings. The first-order valence-electron chi connectivity index (χ1n) is 8.53. The minimum atomic E-state index is -1.17. The molecule has 0 aliphatic rings. The highest BCUT2D eigenvalue weighted by Crippen LogP contribution is 2.33. The molecule has 1 atom stereocenters. The number of anilines is 1. The van der Waals surface area contributed by atoms with Gasteiger partial charge in [0.2, 0.25) is 5.91 Å². The summed E-state index contributed by atoms with van der Waals surface area (Å²) in [6, 6.07) is 27.7. The van der Waals surface area contributed by atoms with E-state index in [4.69, 9.17) is 11.6 Å². The molecule has 0 heterocycles. The number of carbonyl (C=O) groups is 1. The monoisotopic (exact) mass is 359 g/mol. The Hall–Kier alpha value is -2.84. The summed E-state index contributed by atoms with van der Waals surface area (Å²) in [7, 11) is 0. The van der Waals surface area contributed by atoms with Gasteiger partial charge in [-0.05, 0) is 40.8 Å². The molecule has 4 aromatic carbocycles. The van der Waals surface area contributed by atoms with Crippen LogP contribution in [0.1, 0.15) is 12.5 Å². The molecule has 0 aliphatic heterocycles. The average molecular weight is 360 g/mol. The van der Waals surface area contributed by atoms with Crippen LogP contribution in [0.2, 0.25) is 0 Å². The van der Waals surface area contributed by atoms with E-state index < -0.39 is 4.87 Å². The van der Waals surface area contributed by atoms with Crippen molar-refractivity contribution in [1.82, 2.24) is 0 Å². The molecular formula is C23H18ClNO. The molecule has 128 valence electrons. The van der Waals surface area contributed by atoms with E-state index in [1.54, 1.807) is 6.92 Å². The summed E-state index contributed by atoms with van der Waals surface area (Å²) < 4.78 is 0. The van der Waals surface area contributed by atoms with Crippen LogP contribution in [-0.2, 0) is 9.67 Å². The standard InChI is InChI=1S/C23H18ClNO/c1-23(24,19-14-13-16-7-2-3-9-18(16)15-19)22(26)25-21-12-6-10-17-8-4-5-11-20(17)21/h2-15H,1H3,(H,25,26). The number of amides is 1. The molecule has 4 rings (SSSR count). The van der Waals surface area contributed by atoms with Crippen molar-refractivity contribution in [2.75, 3.05) is 5.32 Å². The number of hydrogen-bond acceptors (Lipinski definition) is 1. The number of rotatable bonds is 3. The number of hydrogen-bond donors (Lipinski definition) is 1. The molecule has 0 radical (unpaired) electrons. The first-order chi connectivity index (χ1) is 12.6. The van der Waals surface area contributed by atoms with Gasteiger partial charge in [-0.2, -0.15) is 0 Å². The van der Waals surface area contributed by atoms with Crippen molar-refractivity contribution in [3.63, 3.8) is 0 Å². The number of carbonyl (C=O) groups excluding carboxylic acids is 1. The van der Waals surface area contributed by atoms with Crippen molar-refractivity contribution in [3.05, 3.63) is 90.5 Å². The molecule has 0 bridgehead atoms. The van der Waals surface area contributed by atoms with Crippen molar-refractivity contribution in [2.45, 2.75) is 11.8 Å². The predicted octanol–water partition coefficient (Wildman–Crippen LogP) is 6.09. The fourth-order valence-corrected chi connectivity index (χ4v) is 3.35. The van der Waals surface area contributed by atoms with Crippen molar-refractivity contribution >= 4 is 44.7 Å². The van der Waals surface area contributed by atoms with E-state index in [1.807, 2.05) is 84.9 Å². The second-order valence-corrected chi connectivity index (χ2v) is 7.30. The Balaban J connectivity index is 1.69. The normalized spacial score (nSPS) is 13.5. The Bertz CT molecular complexity index is 1110. The van der Waals surface area contributed by atoms with E-state index in [2.05, 4.69) is 5.32 Å². The third-order valence-electron chi connectivity index (χ3n) is 4.76. The third-order valence-corrected chi connectivity index (χ3v) is 5.15.